The Morgan fingerprint density at radius 3 is 2.76 bits per heavy atom. The Bertz CT molecular complexity index is 361. The number of methoxy groups -OCH3 is 1. The molecule has 0 radical (unpaired) electrons. The quantitative estimate of drug-likeness (QED) is 0.387. The van der Waals surface area contributed by atoms with Crippen molar-refractivity contribution >= 4 is 35.8 Å². The molecule has 2 fully saturated rings. The zero-order valence-corrected chi connectivity index (χ0v) is 15.3. The first-order chi connectivity index (χ1) is 9.72. The fourth-order valence-electron chi connectivity index (χ4n) is 2.47. The largest absolute Gasteiger partial charge is 0.384 e. The SMILES string of the molecule is CCNC(=NCC(=O)NC1CC1)N1CCC(COC)C1.I. The summed E-state index contributed by atoms with van der Waals surface area (Å²) in [5, 5.41) is 6.23. The molecule has 2 N–H and O–H groups in total. The predicted octanol–water partition coefficient (Wildman–Crippen LogP) is 0.817. The highest BCUT2D eigenvalue weighted by Gasteiger charge is 2.25. The van der Waals surface area contributed by atoms with Crippen LogP contribution in [-0.2, 0) is 9.53 Å². The molecule has 0 aromatic carbocycles. The lowest BCUT2D eigenvalue weighted by atomic mass is 10.1. The van der Waals surface area contributed by atoms with Gasteiger partial charge in [-0.3, -0.25) is 4.79 Å². The Kier molecular flexibility index (Phi) is 8.31. The topological polar surface area (TPSA) is 66.0 Å². The van der Waals surface area contributed by atoms with Crippen molar-refractivity contribution in [2.24, 2.45) is 10.9 Å². The number of nitrogens with one attached hydrogen (secondary N) is 2. The van der Waals surface area contributed by atoms with Crippen molar-refractivity contribution < 1.29 is 9.53 Å². The third-order valence-corrected chi connectivity index (χ3v) is 3.64. The van der Waals surface area contributed by atoms with Crippen molar-refractivity contribution in [2.75, 3.05) is 39.9 Å². The Morgan fingerprint density at radius 1 is 1.38 bits per heavy atom. The highest BCUT2D eigenvalue weighted by Crippen LogP contribution is 2.18. The number of amides is 1. The van der Waals surface area contributed by atoms with Crippen molar-refractivity contribution in [3.63, 3.8) is 0 Å². The number of carbonyl (C=O) groups is 1. The van der Waals surface area contributed by atoms with E-state index in [4.69, 9.17) is 4.74 Å². The molecular weight excluding hydrogens is 383 g/mol. The highest BCUT2D eigenvalue weighted by atomic mass is 127. The first-order valence-electron chi connectivity index (χ1n) is 7.54. The average Bonchev–Trinajstić information content (AvgIpc) is 3.11. The van der Waals surface area contributed by atoms with E-state index in [1.165, 1.54) is 0 Å². The molecule has 0 aromatic heterocycles. The minimum Gasteiger partial charge on any atom is -0.384 e. The number of likely N-dealkylation sites (tertiary alicyclic amines) is 1. The minimum absolute atomic E-state index is 0. The lowest BCUT2D eigenvalue weighted by Crippen LogP contribution is -2.41. The zero-order valence-electron chi connectivity index (χ0n) is 12.9. The summed E-state index contributed by atoms with van der Waals surface area (Å²) in [7, 11) is 1.74. The van der Waals surface area contributed by atoms with E-state index in [2.05, 4.69) is 20.5 Å². The third kappa shape index (κ3) is 6.37. The van der Waals surface area contributed by atoms with Crippen LogP contribution in [0, 0.1) is 5.92 Å². The number of aliphatic imine (C=N–C) groups is 1. The molecule has 2 rings (SSSR count). The predicted molar refractivity (Wildman–Crippen MR) is 94.1 cm³/mol. The van der Waals surface area contributed by atoms with Crippen LogP contribution in [0.5, 0.6) is 0 Å². The summed E-state index contributed by atoms with van der Waals surface area (Å²) < 4.78 is 5.21. The van der Waals surface area contributed by atoms with Crippen LogP contribution >= 0.6 is 24.0 Å². The molecule has 1 atom stereocenters. The van der Waals surface area contributed by atoms with Gasteiger partial charge in [-0.25, -0.2) is 4.99 Å². The molecule has 7 heteroatoms. The van der Waals surface area contributed by atoms with E-state index in [9.17, 15) is 4.79 Å². The summed E-state index contributed by atoms with van der Waals surface area (Å²) in [6.45, 7) is 5.79. The molecule has 0 spiro atoms. The molecule has 1 saturated carbocycles. The molecule has 21 heavy (non-hydrogen) atoms. The van der Waals surface area contributed by atoms with Gasteiger partial charge in [-0.15, -0.1) is 24.0 Å². The van der Waals surface area contributed by atoms with Gasteiger partial charge in [0.25, 0.3) is 0 Å². The lowest BCUT2D eigenvalue weighted by molar-refractivity contribution is -0.119. The van der Waals surface area contributed by atoms with Crippen LogP contribution in [0.1, 0.15) is 26.2 Å². The van der Waals surface area contributed by atoms with Crippen LogP contribution in [0.4, 0.5) is 0 Å². The number of carbonyl (C=O) groups excluding carboxylic acids is 1. The van der Waals surface area contributed by atoms with E-state index < -0.39 is 0 Å². The van der Waals surface area contributed by atoms with E-state index >= 15 is 0 Å². The van der Waals surface area contributed by atoms with Gasteiger partial charge in [-0.1, -0.05) is 0 Å². The fraction of sp³-hybridized carbons (Fsp3) is 0.857. The fourth-order valence-corrected chi connectivity index (χ4v) is 2.47. The van der Waals surface area contributed by atoms with Crippen molar-refractivity contribution in [1.29, 1.82) is 0 Å². The monoisotopic (exact) mass is 410 g/mol. The molecule has 1 heterocycles. The third-order valence-electron chi connectivity index (χ3n) is 3.64. The number of halogens is 1. The number of guanidine groups is 1. The zero-order chi connectivity index (χ0) is 14.4. The van der Waals surface area contributed by atoms with Gasteiger partial charge < -0.3 is 20.3 Å². The van der Waals surface area contributed by atoms with E-state index in [1.54, 1.807) is 7.11 Å². The van der Waals surface area contributed by atoms with Crippen LogP contribution in [0.2, 0.25) is 0 Å². The Labute approximate surface area is 144 Å². The number of rotatable bonds is 6. The van der Waals surface area contributed by atoms with Crippen molar-refractivity contribution in [3.8, 4) is 0 Å². The van der Waals surface area contributed by atoms with Crippen LogP contribution in [0.15, 0.2) is 4.99 Å². The maximum atomic E-state index is 11.7. The second-order valence-electron chi connectivity index (χ2n) is 5.57. The molecule has 1 aliphatic carbocycles. The Morgan fingerprint density at radius 2 is 2.14 bits per heavy atom. The Balaban J connectivity index is 0.00000220. The first-order valence-corrected chi connectivity index (χ1v) is 7.54. The maximum absolute atomic E-state index is 11.7. The molecule has 1 aliphatic heterocycles. The van der Waals surface area contributed by atoms with Crippen LogP contribution in [0.25, 0.3) is 0 Å². The number of ether oxygens (including phenoxy) is 1. The van der Waals surface area contributed by atoms with Gasteiger partial charge in [0.15, 0.2) is 5.96 Å². The van der Waals surface area contributed by atoms with Crippen molar-refractivity contribution in [1.82, 2.24) is 15.5 Å². The van der Waals surface area contributed by atoms with Gasteiger partial charge in [-0.05, 0) is 26.2 Å². The number of nitrogens with zero attached hydrogens (tertiary/aromatic N) is 2. The summed E-state index contributed by atoms with van der Waals surface area (Å²) in [4.78, 5) is 18.4. The molecule has 122 valence electrons. The molecule has 1 saturated heterocycles. The van der Waals surface area contributed by atoms with E-state index in [1.807, 2.05) is 6.92 Å². The normalized spacial score (nSPS) is 21.9. The van der Waals surface area contributed by atoms with E-state index in [0.29, 0.717) is 12.0 Å². The number of hydrogen-bond acceptors (Lipinski definition) is 3. The standard InChI is InChI=1S/C14H26N4O2.HI/c1-3-15-14(16-8-13(19)17-12-4-5-12)18-7-6-11(9-18)10-20-2;/h11-12H,3-10H2,1-2H3,(H,15,16)(H,17,19);1H. The van der Waals surface area contributed by atoms with Gasteiger partial charge in [0, 0.05) is 38.7 Å². The summed E-state index contributed by atoms with van der Waals surface area (Å²) in [6.07, 6.45) is 3.34. The van der Waals surface area contributed by atoms with Gasteiger partial charge in [0.2, 0.25) is 5.91 Å². The minimum atomic E-state index is 0. The molecule has 0 aromatic rings. The summed E-state index contributed by atoms with van der Waals surface area (Å²) >= 11 is 0. The Hall–Kier alpha value is -0.570. The molecular formula is C14H27IN4O2. The van der Waals surface area contributed by atoms with Crippen LogP contribution in [0.3, 0.4) is 0 Å². The second-order valence-corrected chi connectivity index (χ2v) is 5.57. The lowest BCUT2D eigenvalue weighted by Gasteiger charge is -2.21. The molecule has 1 amide bonds. The maximum Gasteiger partial charge on any atom is 0.242 e. The molecule has 1 unspecified atom stereocenters. The van der Waals surface area contributed by atoms with Gasteiger partial charge in [0.1, 0.15) is 6.54 Å². The van der Waals surface area contributed by atoms with Crippen LogP contribution in [-0.4, -0.2) is 62.7 Å². The van der Waals surface area contributed by atoms with Gasteiger partial charge >= 0.3 is 0 Å². The van der Waals surface area contributed by atoms with Crippen molar-refractivity contribution in [3.05, 3.63) is 0 Å². The van der Waals surface area contributed by atoms with E-state index in [0.717, 1.165) is 51.5 Å². The average molecular weight is 410 g/mol. The summed E-state index contributed by atoms with van der Waals surface area (Å²) in [6, 6.07) is 0.401. The number of hydrogen-bond donors (Lipinski definition) is 2. The van der Waals surface area contributed by atoms with Crippen molar-refractivity contribution in [2.45, 2.75) is 32.2 Å². The second kappa shape index (κ2) is 9.45. The summed E-state index contributed by atoms with van der Waals surface area (Å²) in [5.74, 6) is 1.43. The first kappa shape index (κ1) is 18.5. The van der Waals surface area contributed by atoms with Crippen LogP contribution < -0.4 is 10.6 Å². The highest BCUT2D eigenvalue weighted by molar-refractivity contribution is 14.0. The van der Waals surface area contributed by atoms with E-state index in [-0.39, 0.29) is 36.4 Å². The molecule has 0 bridgehead atoms. The summed E-state index contributed by atoms with van der Waals surface area (Å²) in [5.41, 5.74) is 0. The molecule has 6 nitrogen and oxygen atoms in total. The molecule has 2 aliphatic rings. The van der Waals surface area contributed by atoms with Gasteiger partial charge in [-0.2, -0.15) is 0 Å². The smallest absolute Gasteiger partial charge is 0.242 e. The van der Waals surface area contributed by atoms with Gasteiger partial charge in [0.05, 0.1) is 6.61 Å².